The normalized spacial score (nSPS) is 14.9. The van der Waals surface area contributed by atoms with Crippen molar-refractivity contribution in [1.82, 2.24) is 0 Å². The van der Waals surface area contributed by atoms with E-state index in [0.29, 0.717) is 5.69 Å². The molecular formula is C23H25NO5. The van der Waals surface area contributed by atoms with Crippen LogP contribution in [0.1, 0.15) is 57.5 Å². The van der Waals surface area contributed by atoms with E-state index in [2.05, 4.69) is 5.32 Å². The van der Waals surface area contributed by atoms with E-state index in [4.69, 9.17) is 9.47 Å². The molecule has 1 saturated carbocycles. The van der Waals surface area contributed by atoms with E-state index in [1.165, 1.54) is 32.4 Å². The van der Waals surface area contributed by atoms with Gasteiger partial charge in [-0.3, -0.25) is 4.79 Å². The van der Waals surface area contributed by atoms with Gasteiger partial charge < -0.3 is 14.8 Å². The Morgan fingerprint density at radius 2 is 1.38 bits per heavy atom. The highest BCUT2D eigenvalue weighted by Crippen LogP contribution is 2.42. The van der Waals surface area contributed by atoms with Crippen LogP contribution in [0, 0.1) is 6.92 Å². The summed E-state index contributed by atoms with van der Waals surface area (Å²) >= 11 is 0. The molecule has 6 heteroatoms. The molecule has 0 aromatic heterocycles. The number of methoxy groups -OCH3 is 2. The van der Waals surface area contributed by atoms with Gasteiger partial charge in [0.25, 0.3) is 0 Å². The maximum absolute atomic E-state index is 13.4. The van der Waals surface area contributed by atoms with Crippen LogP contribution in [0.15, 0.2) is 42.5 Å². The van der Waals surface area contributed by atoms with Gasteiger partial charge in [-0.15, -0.1) is 0 Å². The van der Waals surface area contributed by atoms with Crippen LogP contribution in [-0.4, -0.2) is 32.1 Å². The van der Waals surface area contributed by atoms with Gasteiger partial charge in [-0.25, -0.2) is 9.59 Å². The Morgan fingerprint density at radius 1 is 0.862 bits per heavy atom. The van der Waals surface area contributed by atoms with Crippen LogP contribution in [0.5, 0.6) is 0 Å². The Morgan fingerprint density at radius 3 is 1.86 bits per heavy atom. The Bertz CT molecular complexity index is 893. The molecule has 0 atom stereocenters. The van der Waals surface area contributed by atoms with Crippen molar-refractivity contribution in [2.45, 2.75) is 38.0 Å². The molecule has 0 unspecified atom stereocenters. The number of hydrogen-bond acceptors (Lipinski definition) is 5. The van der Waals surface area contributed by atoms with Crippen LogP contribution in [0.2, 0.25) is 0 Å². The van der Waals surface area contributed by atoms with Crippen molar-refractivity contribution in [2.24, 2.45) is 0 Å². The summed E-state index contributed by atoms with van der Waals surface area (Å²) in [5.74, 6) is -1.34. The largest absolute Gasteiger partial charge is 0.465 e. The number of carbonyl (C=O) groups is 3. The Kier molecular flexibility index (Phi) is 6.01. The standard InChI is InChI=1S/C23H25NO5/c1-15-6-8-18(9-7-15)23(10-4-5-11-23)22(27)24-19-13-16(20(25)28-2)12-17(14-19)21(26)29-3/h6-9,12-14H,4-5,10-11H2,1-3H3,(H,24,27). The van der Waals surface area contributed by atoms with Gasteiger partial charge in [-0.1, -0.05) is 42.7 Å². The van der Waals surface area contributed by atoms with E-state index >= 15 is 0 Å². The number of hydrogen-bond donors (Lipinski definition) is 1. The summed E-state index contributed by atoms with van der Waals surface area (Å²) in [6, 6.07) is 12.4. The fourth-order valence-corrected chi connectivity index (χ4v) is 3.92. The first kappa shape index (κ1) is 20.6. The SMILES string of the molecule is COC(=O)c1cc(NC(=O)C2(c3ccc(C)cc3)CCCC2)cc(C(=O)OC)c1. The van der Waals surface area contributed by atoms with Crippen LogP contribution in [0.25, 0.3) is 0 Å². The fraction of sp³-hybridized carbons (Fsp3) is 0.348. The summed E-state index contributed by atoms with van der Waals surface area (Å²) in [6.07, 6.45) is 3.44. The predicted octanol–water partition coefficient (Wildman–Crippen LogP) is 4.02. The van der Waals surface area contributed by atoms with Crippen LogP contribution in [0.3, 0.4) is 0 Å². The zero-order chi connectivity index (χ0) is 21.0. The molecule has 0 aliphatic heterocycles. The summed E-state index contributed by atoms with van der Waals surface area (Å²) in [4.78, 5) is 37.4. The first-order valence-electron chi connectivity index (χ1n) is 9.60. The van der Waals surface area contributed by atoms with E-state index in [9.17, 15) is 14.4 Å². The van der Waals surface area contributed by atoms with E-state index in [0.717, 1.165) is 36.8 Å². The second kappa shape index (κ2) is 8.47. The van der Waals surface area contributed by atoms with Crippen molar-refractivity contribution < 1.29 is 23.9 Å². The predicted molar refractivity (Wildman–Crippen MR) is 109 cm³/mol. The van der Waals surface area contributed by atoms with Gasteiger partial charge >= 0.3 is 11.9 Å². The highest BCUT2D eigenvalue weighted by molar-refractivity contribution is 6.02. The second-order valence-corrected chi connectivity index (χ2v) is 7.39. The van der Waals surface area contributed by atoms with Crippen molar-refractivity contribution in [3.63, 3.8) is 0 Å². The van der Waals surface area contributed by atoms with Crippen molar-refractivity contribution in [2.75, 3.05) is 19.5 Å². The van der Waals surface area contributed by atoms with Crippen molar-refractivity contribution >= 4 is 23.5 Å². The summed E-state index contributed by atoms with van der Waals surface area (Å²) in [6.45, 7) is 2.01. The molecule has 152 valence electrons. The van der Waals surface area contributed by atoms with Crippen molar-refractivity contribution in [3.8, 4) is 0 Å². The van der Waals surface area contributed by atoms with Crippen molar-refractivity contribution in [1.29, 1.82) is 0 Å². The van der Waals surface area contributed by atoms with Crippen LogP contribution in [-0.2, 0) is 19.7 Å². The number of amides is 1. The summed E-state index contributed by atoms with van der Waals surface area (Å²) < 4.78 is 9.52. The number of esters is 2. The molecule has 0 bridgehead atoms. The molecule has 0 spiro atoms. The average molecular weight is 395 g/mol. The minimum Gasteiger partial charge on any atom is -0.465 e. The maximum atomic E-state index is 13.4. The van der Waals surface area contributed by atoms with Gasteiger partial charge in [0.15, 0.2) is 0 Å². The number of ether oxygens (including phenoxy) is 2. The van der Waals surface area contributed by atoms with Gasteiger partial charge in [0, 0.05) is 5.69 Å². The highest BCUT2D eigenvalue weighted by Gasteiger charge is 2.42. The Hall–Kier alpha value is -3.15. The smallest absolute Gasteiger partial charge is 0.337 e. The number of anilines is 1. The highest BCUT2D eigenvalue weighted by atomic mass is 16.5. The molecule has 0 heterocycles. The lowest BCUT2D eigenvalue weighted by Crippen LogP contribution is -2.38. The molecule has 29 heavy (non-hydrogen) atoms. The molecule has 1 N–H and O–H groups in total. The Labute approximate surface area is 170 Å². The lowest BCUT2D eigenvalue weighted by Gasteiger charge is -2.28. The van der Waals surface area contributed by atoms with E-state index in [1.54, 1.807) is 0 Å². The van der Waals surface area contributed by atoms with E-state index in [-0.39, 0.29) is 17.0 Å². The molecule has 1 amide bonds. The monoisotopic (exact) mass is 395 g/mol. The van der Waals surface area contributed by atoms with Gasteiger partial charge in [0.05, 0.1) is 30.8 Å². The van der Waals surface area contributed by atoms with Gasteiger partial charge in [-0.2, -0.15) is 0 Å². The average Bonchev–Trinajstić information content (AvgIpc) is 3.24. The third-order valence-corrected chi connectivity index (χ3v) is 5.53. The van der Waals surface area contributed by atoms with E-state index in [1.807, 2.05) is 31.2 Å². The molecule has 0 radical (unpaired) electrons. The zero-order valence-electron chi connectivity index (χ0n) is 16.9. The lowest BCUT2D eigenvalue weighted by molar-refractivity contribution is -0.121. The van der Waals surface area contributed by atoms with E-state index < -0.39 is 17.4 Å². The first-order valence-corrected chi connectivity index (χ1v) is 9.60. The molecule has 2 aromatic rings. The third-order valence-electron chi connectivity index (χ3n) is 5.53. The lowest BCUT2D eigenvalue weighted by atomic mass is 9.77. The fourth-order valence-electron chi connectivity index (χ4n) is 3.92. The van der Waals surface area contributed by atoms with Crippen LogP contribution >= 0.6 is 0 Å². The summed E-state index contributed by atoms with van der Waals surface area (Å²) in [7, 11) is 2.52. The molecular weight excluding hydrogens is 370 g/mol. The molecule has 1 fully saturated rings. The molecule has 2 aromatic carbocycles. The number of benzene rings is 2. The Balaban J connectivity index is 1.96. The number of nitrogens with one attached hydrogen (secondary N) is 1. The van der Waals surface area contributed by atoms with Gasteiger partial charge in [0.1, 0.15) is 0 Å². The minimum absolute atomic E-state index is 0.142. The molecule has 1 aliphatic rings. The molecule has 6 nitrogen and oxygen atoms in total. The summed E-state index contributed by atoms with van der Waals surface area (Å²) in [5, 5.41) is 2.92. The number of carbonyl (C=O) groups excluding carboxylic acids is 3. The zero-order valence-corrected chi connectivity index (χ0v) is 16.9. The third kappa shape index (κ3) is 4.16. The summed E-state index contributed by atoms with van der Waals surface area (Å²) in [5.41, 5.74) is 2.19. The second-order valence-electron chi connectivity index (χ2n) is 7.39. The maximum Gasteiger partial charge on any atom is 0.337 e. The quantitative estimate of drug-likeness (QED) is 0.774. The van der Waals surface area contributed by atoms with Crippen LogP contribution < -0.4 is 5.32 Å². The molecule has 1 aliphatic carbocycles. The molecule has 0 saturated heterocycles. The minimum atomic E-state index is -0.625. The van der Waals surface area contributed by atoms with Crippen molar-refractivity contribution in [3.05, 3.63) is 64.7 Å². The van der Waals surface area contributed by atoms with Gasteiger partial charge in [-0.05, 0) is 43.5 Å². The topological polar surface area (TPSA) is 81.7 Å². The van der Waals surface area contributed by atoms with Crippen LogP contribution in [0.4, 0.5) is 5.69 Å². The molecule has 3 rings (SSSR count). The van der Waals surface area contributed by atoms with Gasteiger partial charge in [0.2, 0.25) is 5.91 Å². The first-order chi connectivity index (χ1) is 13.9. The number of rotatable bonds is 5. The number of aryl methyl sites for hydroxylation is 1.